The zero-order valence-corrected chi connectivity index (χ0v) is 11.2. The van der Waals surface area contributed by atoms with Crippen LogP contribution in [0.1, 0.15) is 17.1 Å². The van der Waals surface area contributed by atoms with E-state index in [1.165, 1.54) is 5.56 Å². The molecular weight excluding hydrogens is 228 g/mol. The number of imidazole rings is 1. The van der Waals surface area contributed by atoms with E-state index in [9.17, 15) is 0 Å². The molecule has 0 saturated heterocycles. The van der Waals surface area contributed by atoms with Gasteiger partial charge >= 0.3 is 0 Å². The van der Waals surface area contributed by atoms with Crippen LogP contribution in [0, 0.1) is 0 Å². The first-order valence-electron chi connectivity index (χ1n) is 6.04. The Balaban J connectivity index is 1.90. The summed E-state index contributed by atoms with van der Waals surface area (Å²) in [4.78, 5) is 6.50. The molecule has 0 saturated carbocycles. The fourth-order valence-corrected chi connectivity index (χ4v) is 1.92. The second-order valence-electron chi connectivity index (χ2n) is 4.58. The third-order valence-corrected chi connectivity index (χ3v) is 2.85. The molecule has 0 spiro atoms. The molecule has 5 heteroatoms. The molecule has 0 radical (unpaired) electrons. The number of hydrogen-bond acceptors (Lipinski definition) is 4. The van der Waals surface area contributed by atoms with Crippen molar-refractivity contribution in [1.29, 1.82) is 0 Å². The molecule has 0 fully saturated rings. The number of nitrogens with one attached hydrogen (secondary N) is 1. The average Bonchev–Trinajstić information content (AvgIpc) is 2.90. The summed E-state index contributed by atoms with van der Waals surface area (Å²) in [7, 11) is 6.00. The SMILES string of the molecule is CNCc1coc(CN(C)Cc2nccn2C)c1. The van der Waals surface area contributed by atoms with Crippen molar-refractivity contribution in [2.24, 2.45) is 7.05 Å². The van der Waals surface area contributed by atoms with Gasteiger partial charge in [0.25, 0.3) is 0 Å². The van der Waals surface area contributed by atoms with Crippen LogP contribution in [0.5, 0.6) is 0 Å². The van der Waals surface area contributed by atoms with Crippen molar-refractivity contribution >= 4 is 0 Å². The average molecular weight is 248 g/mol. The highest BCUT2D eigenvalue weighted by molar-refractivity contribution is 5.12. The number of aryl methyl sites for hydroxylation is 1. The van der Waals surface area contributed by atoms with Crippen LogP contribution >= 0.6 is 0 Å². The quantitative estimate of drug-likeness (QED) is 0.838. The van der Waals surface area contributed by atoms with Crippen molar-refractivity contribution in [2.75, 3.05) is 14.1 Å². The van der Waals surface area contributed by atoms with E-state index in [2.05, 4.69) is 28.3 Å². The second-order valence-corrected chi connectivity index (χ2v) is 4.58. The molecule has 1 N–H and O–H groups in total. The first-order valence-corrected chi connectivity index (χ1v) is 6.04. The standard InChI is InChI=1S/C13H20N4O/c1-14-7-11-6-12(18-10-11)8-16(2)9-13-15-4-5-17(13)3/h4-6,10,14H,7-9H2,1-3H3. The first-order chi connectivity index (χ1) is 8.69. The Hall–Kier alpha value is -1.59. The largest absolute Gasteiger partial charge is 0.468 e. The van der Waals surface area contributed by atoms with Crippen molar-refractivity contribution in [3.8, 4) is 0 Å². The molecule has 18 heavy (non-hydrogen) atoms. The van der Waals surface area contributed by atoms with Gasteiger partial charge in [-0.1, -0.05) is 0 Å². The lowest BCUT2D eigenvalue weighted by molar-refractivity contribution is 0.278. The Morgan fingerprint density at radius 3 is 2.94 bits per heavy atom. The van der Waals surface area contributed by atoms with Gasteiger partial charge in [0.2, 0.25) is 0 Å². The maximum absolute atomic E-state index is 5.53. The van der Waals surface area contributed by atoms with E-state index >= 15 is 0 Å². The van der Waals surface area contributed by atoms with Crippen LogP contribution in [-0.2, 0) is 26.7 Å². The molecule has 2 rings (SSSR count). The summed E-state index contributed by atoms with van der Waals surface area (Å²) in [6, 6.07) is 2.09. The Morgan fingerprint density at radius 1 is 1.44 bits per heavy atom. The summed E-state index contributed by atoms with van der Waals surface area (Å²) in [6.45, 7) is 2.44. The molecule has 0 aliphatic rings. The van der Waals surface area contributed by atoms with E-state index in [4.69, 9.17) is 4.42 Å². The zero-order chi connectivity index (χ0) is 13.0. The lowest BCUT2D eigenvalue weighted by Crippen LogP contribution is -2.19. The lowest BCUT2D eigenvalue weighted by Gasteiger charge is -2.14. The Bertz CT molecular complexity index is 489. The number of nitrogens with zero attached hydrogens (tertiary/aromatic N) is 3. The third kappa shape index (κ3) is 3.21. The minimum absolute atomic E-state index is 0.788. The highest BCUT2D eigenvalue weighted by atomic mass is 16.3. The Labute approximate surface area is 107 Å². The number of rotatable bonds is 6. The van der Waals surface area contributed by atoms with Crippen LogP contribution in [0.25, 0.3) is 0 Å². The molecule has 0 aliphatic carbocycles. The third-order valence-electron chi connectivity index (χ3n) is 2.85. The van der Waals surface area contributed by atoms with Gasteiger partial charge in [-0.3, -0.25) is 4.90 Å². The smallest absolute Gasteiger partial charge is 0.122 e. The lowest BCUT2D eigenvalue weighted by atomic mass is 10.3. The van der Waals surface area contributed by atoms with E-state index in [1.807, 2.05) is 31.1 Å². The molecule has 2 aromatic rings. The van der Waals surface area contributed by atoms with Crippen LogP contribution in [0.2, 0.25) is 0 Å². The summed E-state index contributed by atoms with van der Waals surface area (Å²) in [5, 5.41) is 3.11. The van der Waals surface area contributed by atoms with Crippen LogP contribution in [0.15, 0.2) is 29.1 Å². The summed E-state index contributed by atoms with van der Waals surface area (Å²) < 4.78 is 7.56. The molecule has 2 heterocycles. The molecule has 2 aromatic heterocycles. The van der Waals surface area contributed by atoms with E-state index in [0.29, 0.717) is 0 Å². The van der Waals surface area contributed by atoms with E-state index in [-0.39, 0.29) is 0 Å². The molecule has 0 aromatic carbocycles. The fourth-order valence-electron chi connectivity index (χ4n) is 1.92. The maximum atomic E-state index is 5.53. The first kappa shape index (κ1) is 12.9. The van der Waals surface area contributed by atoms with Gasteiger partial charge in [0.05, 0.1) is 19.4 Å². The van der Waals surface area contributed by atoms with Gasteiger partial charge in [-0.2, -0.15) is 0 Å². The normalized spacial score (nSPS) is 11.3. The minimum Gasteiger partial charge on any atom is -0.468 e. The van der Waals surface area contributed by atoms with Gasteiger partial charge in [-0.25, -0.2) is 4.98 Å². The topological polar surface area (TPSA) is 46.2 Å². The predicted molar refractivity (Wildman–Crippen MR) is 69.9 cm³/mol. The van der Waals surface area contributed by atoms with Crippen LogP contribution < -0.4 is 5.32 Å². The minimum atomic E-state index is 0.788. The molecule has 5 nitrogen and oxygen atoms in total. The zero-order valence-electron chi connectivity index (χ0n) is 11.2. The van der Waals surface area contributed by atoms with Gasteiger partial charge in [0, 0.05) is 31.5 Å². The summed E-state index contributed by atoms with van der Waals surface area (Å²) in [5.74, 6) is 2.04. The highest BCUT2D eigenvalue weighted by Gasteiger charge is 2.08. The summed E-state index contributed by atoms with van der Waals surface area (Å²) >= 11 is 0. The highest BCUT2D eigenvalue weighted by Crippen LogP contribution is 2.11. The molecular formula is C13H20N4O. The van der Waals surface area contributed by atoms with Crippen molar-refractivity contribution in [3.63, 3.8) is 0 Å². The predicted octanol–water partition coefficient (Wildman–Crippen LogP) is 1.36. The van der Waals surface area contributed by atoms with E-state index in [1.54, 1.807) is 6.26 Å². The fraction of sp³-hybridized carbons (Fsp3) is 0.462. The maximum Gasteiger partial charge on any atom is 0.122 e. The molecule has 0 amide bonds. The molecule has 98 valence electrons. The van der Waals surface area contributed by atoms with E-state index in [0.717, 1.165) is 31.2 Å². The number of furan rings is 1. The Morgan fingerprint density at radius 2 is 2.28 bits per heavy atom. The van der Waals surface area contributed by atoms with Gasteiger partial charge in [-0.15, -0.1) is 0 Å². The van der Waals surface area contributed by atoms with Gasteiger partial charge < -0.3 is 14.3 Å². The van der Waals surface area contributed by atoms with Gasteiger partial charge in [0.15, 0.2) is 0 Å². The number of hydrogen-bond donors (Lipinski definition) is 1. The van der Waals surface area contributed by atoms with Gasteiger partial charge in [0.1, 0.15) is 11.6 Å². The van der Waals surface area contributed by atoms with Crippen molar-refractivity contribution < 1.29 is 4.42 Å². The molecule has 0 bridgehead atoms. The van der Waals surface area contributed by atoms with E-state index < -0.39 is 0 Å². The van der Waals surface area contributed by atoms with Crippen molar-refractivity contribution in [1.82, 2.24) is 19.8 Å². The van der Waals surface area contributed by atoms with Crippen molar-refractivity contribution in [2.45, 2.75) is 19.6 Å². The molecule has 0 atom stereocenters. The summed E-state index contributed by atoms with van der Waals surface area (Å²) in [5.41, 5.74) is 1.18. The number of aromatic nitrogens is 2. The monoisotopic (exact) mass is 248 g/mol. The summed E-state index contributed by atoms with van der Waals surface area (Å²) in [6.07, 6.45) is 5.59. The second kappa shape index (κ2) is 5.84. The van der Waals surface area contributed by atoms with Crippen LogP contribution in [0.3, 0.4) is 0 Å². The molecule has 0 aliphatic heterocycles. The van der Waals surface area contributed by atoms with Crippen LogP contribution in [-0.4, -0.2) is 28.5 Å². The van der Waals surface area contributed by atoms with Gasteiger partial charge in [-0.05, 0) is 20.2 Å². The van der Waals surface area contributed by atoms with Crippen molar-refractivity contribution in [3.05, 3.63) is 41.9 Å². The Kier molecular flexibility index (Phi) is 4.17. The van der Waals surface area contributed by atoms with Crippen LogP contribution in [0.4, 0.5) is 0 Å². The molecule has 0 unspecified atom stereocenters.